The van der Waals surface area contributed by atoms with Crippen molar-refractivity contribution < 1.29 is 23.5 Å². The molecule has 6 rings (SSSR count). The highest BCUT2D eigenvalue weighted by Crippen LogP contribution is 2.49. The first-order chi connectivity index (χ1) is 18.0. The summed E-state index contributed by atoms with van der Waals surface area (Å²) in [6.45, 7) is 1.54. The topological polar surface area (TPSA) is 72.2 Å². The van der Waals surface area contributed by atoms with Crippen molar-refractivity contribution >= 4 is 46.2 Å². The van der Waals surface area contributed by atoms with Gasteiger partial charge in [-0.3, -0.25) is 14.5 Å². The number of carbonyl (C=O) groups is 2. The van der Waals surface area contributed by atoms with Crippen LogP contribution in [0.25, 0.3) is 17.4 Å². The van der Waals surface area contributed by atoms with Crippen LogP contribution in [-0.2, 0) is 9.59 Å². The zero-order chi connectivity index (χ0) is 25.5. The van der Waals surface area contributed by atoms with Gasteiger partial charge in [0.1, 0.15) is 15.8 Å². The van der Waals surface area contributed by atoms with Gasteiger partial charge in [-0.1, -0.05) is 30.4 Å². The third-order valence-electron chi connectivity index (χ3n) is 8.01. The molecule has 7 nitrogen and oxygen atoms in total. The largest absolute Gasteiger partial charge is 0.493 e. The van der Waals surface area contributed by atoms with E-state index in [-0.39, 0.29) is 24.5 Å². The summed E-state index contributed by atoms with van der Waals surface area (Å²) in [5, 5.41) is 0. The molecule has 2 saturated heterocycles. The first-order valence-electron chi connectivity index (χ1n) is 13.0. The molecule has 0 radical (unpaired) electrons. The van der Waals surface area contributed by atoms with Gasteiger partial charge in [0.25, 0.3) is 11.8 Å². The van der Waals surface area contributed by atoms with Crippen LogP contribution in [0, 0.1) is 11.8 Å². The van der Waals surface area contributed by atoms with E-state index >= 15 is 0 Å². The van der Waals surface area contributed by atoms with E-state index < -0.39 is 0 Å². The second kappa shape index (κ2) is 10.2. The van der Waals surface area contributed by atoms with Crippen molar-refractivity contribution in [2.24, 2.45) is 11.8 Å². The number of methoxy groups -OCH3 is 1. The van der Waals surface area contributed by atoms with Gasteiger partial charge in [-0.15, -0.1) is 0 Å². The Morgan fingerprint density at radius 2 is 2.00 bits per heavy atom. The maximum absolute atomic E-state index is 13.2. The molecule has 2 amide bonds. The van der Waals surface area contributed by atoms with E-state index in [2.05, 4.69) is 0 Å². The molecule has 3 heterocycles. The summed E-state index contributed by atoms with van der Waals surface area (Å²) in [7, 11) is 1.57. The predicted octanol–water partition coefficient (Wildman–Crippen LogP) is 5.35. The standard InChI is InChI=1S/C28H30N2O5S2/c1-33-23-8-6-19(14-24(23)34-16-26(31)29-10-2-3-11-29)22-9-7-20(35-22)15-25-27(32)30(28(36)37-25)21-13-17-4-5-18(21)12-17/h6-9,14-15,17-18,21H,2-5,10-13,16H2,1H3/b25-15-. The average molecular weight is 539 g/mol. The average Bonchev–Trinajstić information content (AvgIpc) is 3.73. The van der Waals surface area contributed by atoms with Gasteiger partial charge in [0.15, 0.2) is 18.1 Å². The molecule has 2 saturated carbocycles. The van der Waals surface area contributed by atoms with Crippen LogP contribution in [0.1, 0.15) is 44.3 Å². The lowest BCUT2D eigenvalue weighted by Gasteiger charge is -2.30. The molecule has 1 aromatic carbocycles. The number of thiocarbonyl (C=S) groups is 1. The molecule has 194 valence electrons. The monoisotopic (exact) mass is 538 g/mol. The molecule has 3 unspecified atom stereocenters. The number of hydrogen-bond donors (Lipinski definition) is 0. The Morgan fingerprint density at radius 1 is 1.16 bits per heavy atom. The second-order valence-corrected chi connectivity index (χ2v) is 11.9. The van der Waals surface area contributed by atoms with Crippen molar-refractivity contribution in [2.75, 3.05) is 26.8 Å². The fraction of sp³-hybridized carbons (Fsp3) is 0.464. The van der Waals surface area contributed by atoms with Crippen LogP contribution in [0.2, 0.25) is 0 Å². The minimum atomic E-state index is -0.0341. The number of benzene rings is 1. The van der Waals surface area contributed by atoms with Gasteiger partial charge in [-0.05, 0) is 74.3 Å². The Bertz CT molecular complexity index is 1270. The highest BCUT2D eigenvalue weighted by molar-refractivity contribution is 8.26. The summed E-state index contributed by atoms with van der Waals surface area (Å²) in [5.41, 5.74) is 0.790. The van der Waals surface area contributed by atoms with Crippen LogP contribution in [0.5, 0.6) is 11.5 Å². The number of fused-ring (bicyclic) bond motifs is 2. The number of rotatable bonds is 7. The molecular formula is C28H30N2O5S2. The molecule has 3 atom stereocenters. The van der Waals surface area contributed by atoms with Crippen LogP contribution >= 0.6 is 24.0 Å². The van der Waals surface area contributed by atoms with Crippen molar-refractivity contribution in [3.63, 3.8) is 0 Å². The van der Waals surface area contributed by atoms with Crippen LogP contribution in [0.4, 0.5) is 0 Å². The Kier molecular flexibility index (Phi) is 6.75. The molecule has 4 aliphatic rings. The van der Waals surface area contributed by atoms with Crippen molar-refractivity contribution in [1.82, 2.24) is 9.80 Å². The molecule has 2 aliphatic carbocycles. The number of carbonyl (C=O) groups excluding carboxylic acids is 2. The number of likely N-dealkylation sites (tertiary alicyclic amines) is 1. The Hall–Kier alpha value is -2.78. The lowest BCUT2D eigenvalue weighted by molar-refractivity contribution is -0.132. The van der Waals surface area contributed by atoms with E-state index in [1.807, 2.05) is 34.1 Å². The second-order valence-electron chi connectivity index (χ2n) is 10.2. The fourth-order valence-electron chi connectivity index (χ4n) is 6.15. The summed E-state index contributed by atoms with van der Waals surface area (Å²) >= 11 is 6.96. The molecule has 0 spiro atoms. The highest BCUT2D eigenvalue weighted by Gasteiger charge is 2.48. The van der Waals surface area contributed by atoms with Gasteiger partial charge in [0.05, 0.1) is 12.0 Å². The zero-order valence-corrected chi connectivity index (χ0v) is 22.4. The maximum Gasteiger partial charge on any atom is 0.266 e. The molecule has 1 aromatic heterocycles. The number of thioether (sulfide) groups is 1. The summed E-state index contributed by atoms with van der Waals surface area (Å²) in [4.78, 5) is 30.0. The maximum atomic E-state index is 13.2. The fourth-order valence-corrected chi connectivity index (χ4v) is 7.50. The number of nitrogens with zero attached hydrogens (tertiary/aromatic N) is 2. The lowest BCUT2D eigenvalue weighted by atomic mass is 9.94. The molecule has 2 aliphatic heterocycles. The van der Waals surface area contributed by atoms with Crippen molar-refractivity contribution in [1.29, 1.82) is 0 Å². The first kappa shape index (κ1) is 24.6. The van der Waals surface area contributed by atoms with Gasteiger partial charge >= 0.3 is 0 Å². The normalized spacial score (nSPS) is 26.1. The molecule has 4 fully saturated rings. The summed E-state index contributed by atoms with van der Waals surface area (Å²) in [6.07, 6.45) is 8.64. The Labute approximate surface area is 226 Å². The van der Waals surface area contributed by atoms with E-state index in [9.17, 15) is 9.59 Å². The minimum absolute atomic E-state index is 0.00620. The summed E-state index contributed by atoms with van der Waals surface area (Å²) in [5.74, 6) is 3.55. The minimum Gasteiger partial charge on any atom is -0.493 e. The van der Waals surface area contributed by atoms with Gasteiger partial charge < -0.3 is 18.8 Å². The van der Waals surface area contributed by atoms with E-state index in [0.29, 0.717) is 38.2 Å². The first-order valence-corrected chi connectivity index (χ1v) is 14.2. The van der Waals surface area contributed by atoms with Crippen LogP contribution in [0.3, 0.4) is 0 Å². The molecule has 2 aromatic rings. The Balaban J connectivity index is 1.17. The number of furan rings is 1. The molecule has 2 bridgehead atoms. The van der Waals surface area contributed by atoms with Crippen LogP contribution in [0.15, 0.2) is 39.7 Å². The summed E-state index contributed by atoms with van der Waals surface area (Å²) < 4.78 is 18.0. The smallest absolute Gasteiger partial charge is 0.266 e. The van der Waals surface area contributed by atoms with Gasteiger partial charge in [-0.2, -0.15) is 0 Å². The zero-order valence-electron chi connectivity index (χ0n) is 20.8. The van der Waals surface area contributed by atoms with Gasteiger partial charge in [0.2, 0.25) is 0 Å². The highest BCUT2D eigenvalue weighted by atomic mass is 32.2. The third kappa shape index (κ3) is 4.79. The van der Waals surface area contributed by atoms with Crippen molar-refractivity contribution in [3.05, 3.63) is 41.0 Å². The quantitative estimate of drug-likeness (QED) is 0.348. The van der Waals surface area contributed by atoms with E-state index in [0.717, 1.165) is 43.8 Å². The van der Waals surface area contributed by atoms with Crippen molar-refractivity contribution in [3.8, 4) is 22.8 Å². The molecule has 9 heteroatoms. The number of ether oxygens (including phenoxy) is 2. The number of hydrogen-bond acceptors (Lipinski definition) is 7. The number of amides is 2. The Morgan fingerprint density at radius 3 is 2.73 bits per heavy atom. The molecule has 37 heavy (non-hydrogen) atoms. The van der Waals surface area contributed by atoms with E-state index in [1.165, 1.54) is 31.0 Å². The SMILES string of the molecule is COc1ccc(-c2ccc(/C=C3\SC(=S)N(C4CC5CCC4C5)C3=O)o2)cc1OCC(=O)N1CCCC1. The predicted molar refractivity (Wildman–Crippen MR) is 146 cm³/mol. The van der Waals surface area contributed by atoms with Gasteiger partial charge in [0, 0.05) is 30.8 Å². The lowest BCUT2D eigenvalue weighted by Crippen LogP contribution is -2.41. The van der Waals surface area contributed by atoms with Crippen LogP contribution in [-0.4, -0.2) is 58.8 Å². The van der Waals surface area contributed by atoms with Gasteiger partial charge in [-0.25, -0.2) is 0 Å². The van der Waals surface area contributed by atoms with Crippen LogP contribution < -0.4 is 9.47 Å². The molecular weight excluding hydrogens is 508 g/mol. The van der Waals surface area contributed by atoms with E-state index in [4.69, 9.17) is 26.1 Å². The molecule has 0 N–H and O–H groups in total. The van der Waals surface area contributed by atoms with Crippen molar-refractivity contribution in [2.45, 2.75) is 44.6 Å². The summed E-state index contributed by atoms with van der Waals surface area (Å²) in [6, 6.07) is 9.45. The van der Waals surface area contributed by atoms with E-state index in [1.54, 1.807) is 19.3 Å². The third-order valence-corrected chi connectivity index (χ3v) is 9.34.